The number of nitrogens with zero attached hydrogens (tertiary/aromatic N) is 1. The molecule has 0 radical (unpaired) electrons. The number of carboxylic acids is 2. The molecule has 1 aromatic rings. The van der Waals surface area contributed by atoms with Gasteiger partial charge >= 0.3 is 11.9 Å². The lowest BCUT2D eigenvalue weighted by molar-refractivity contribution is -0.142. The van der Waals surface area contributed by atoms with Crippen LogP contribution < -0.4 is 0 Å². The summed E-state index contributed by atoms with van der Waals surface area (Å²) in [6.45, 7) is 1.16. The quantitative estimate of drug-likeness (QED) is 0.839. The van der Waals surface area contributed by atoms with E-state index < -0.39 is 11.9 Å². The van der Waals surface area contributed by atoms with Gasteiger partial charge < -0.3 is 10.2 Å². The van der Waals surface area contributed by atoms with Crippen LogP contribution in [0, 0.1) is 0 Å². The van der Waals surface area contributed by atoms with Gasteiger partial charge in [-0.3, -0.25) is 14.5 Å². The van der Waals surface area contributed by atoms with E-state index in [1.165, 1.54) is 4.90 Å². The first-order valence-electron chi connectivity index (χ1n) is 5.34. The van der Waals surface area contributed by atoms with Gasteiger partial charge in [-0.1, -0.05) is 34.1 Å². The number of hydrogen-bond acceptors (Lipinski definition) is 3. The molecule has 1 unspecified atom stereocenters. The van der Waals surface area contributed by atoms with E-state index in [9.17, 15) is 9.59 Å². The molecule has 0 aliphatic carbocycles. The van der Waals surface area contributed by atoms with Crippen LogP contribution in [0.2, 0.25) is 0 Å². The van der Waals surface area contributed by atoms with E-state index in [2.05, 4.69) is 15.9 Å². The molecule has 0 aliphatic heterocycles. The standard InChI is InChI=1S/C12H14BrNO4/c1-8(9-4-2-3-5-10(9)13)14(6-11(15)16)7-12(17)18/h2-5,8H,6-7H2,1H3,(H,15,16)(H,17,18). The Bertz CT molecular complexity index is 433. The number of rotatable bonds is 6. The Balaban J connectivity index is 2.94. The maximum absolute atomic E-state index is 10.8. The Labute approximate surface area is 113 Å². The fourth-order valence-electron chi connectivity index (χ4n) is 1.69. The molecule has 1 aromatic carbocycles. The largest absolute Gasteiger partial charge is 0.480 e. The van der Waals surface area contributed by atoms with Crippen molar-refractivity contribution in [3.63, 3.8) is 0 Å². The minimum atomic E-state index is -1.05. The molecule has 1 atom stereocenters. The maximum atomic E-state index is 10.8. The monoisotopic (exact) mass is 315 g/mol. The van der Waals surface area contributed by atoms with Crippen LogP contribution in [0.4, 0.5) is 0 Å². The van der Waals surface area contributed by atoms with Gasteiger partial charge in [-0.05, 0) is 18.6 Å². The molecule has 0 aliphatic rings. The summed E-state index contributed by atoms with van der Waals surface area (Å²) in [6.07, 6.45) is 0. The summed E-state index contributed by atoms with van der Waals surface area (Å²) in [4.78, 5) is 22.9. The Hall–Kier alpha value is -1.40. The summed E-state index contributed by atoms with van der Waals surface area (Å²) < 4.78 is 0.832. The second-order valence-corrected chi connectivity index (χ2v) is 4.74. The van der Waals surface area contributed by atoms with Crippen molar-refractivity contribution < 1.29 is 19.8 Å². The minimum absolute atomic E-state index is 0.298. The van der Waals surface area contributed by atoms with Crippen LogP contribution >= 0.6 is 15.9 Å². The van der Waals surface area contributed by atoms with Crippen molar-refractivity contribution >= 4 is 27.9 Å². The van der Waals surface area contributed by atoms with Crippen molar-refractivity contribution in [1.29, 1.82) is 0 Å². The van der Waals surface area contributed by atoms with Crippen LogP contribution in [0.1, 0.15) is 18.5 Å². The van der Waals surface area contributed by atoms with E-state index in [0.29, 0.717) is 0 Å². The zero-order valence-corrected chi connectivity index (χ0v) is 11.4. The second-order valence-electron chi connectivity index (χ2n) is 3.89. The fourth-order valence-corrected chi connectivity index (χ4v) is 2.30. The molecular weight excluding hydrogens is 302 g/mol. The third-order valence-corrected chi connectivity index (χ3v) is 3.30. The molecule has 0 spiro atoms. The summed E-state index contributed by atoms with van der Waals surface area (Å²) in [6, 6.07) is 7.06. The highest BCUT2D eigenvalue weighted by molar-refractivity contribution is 9.10. The Morgan fingerprint density at radius 3 is 2.17 bits per heavy atom. The Morgan fingerprint density at radius 2 is 1.72 bits per heavy atom. The molecule has 0 aromatic heterocycles. The summed E-state index contributed by atoms with van der Waals surface area (Å²) in [5, 5.41) is 17.6. The summed E-state index contributed by atoms with van der Waals surface area (Å²) in [7, 11) is 0. The highest BCUT2D eigenvalue weighted by atomic mass is 79.9. The lowest BCUT2D eigenvalue weighted by Crippen LogP contribution is -2.36. The summed E-state index contributed by atoms with van der Waals surface area (Å²) in [5.41, 5.74) is 0.861. The van der Waals surface area contributed by atoms with Crippen molar-refractivity contribution in [2.75, 3.05) is 13.1 Å². The Kier molecular flexibility index (Phi) is 5.30. The highest BCUT2D eigenvalue weighted by Gasteiger charge is 2.22. The van der Waals surface area contributed by atoms with Gasteiger partial charge in [0.2, 0.25) is 0 Å². The van der Waals surface area contributed by atoms with E-state index in [-0.39, 0.29) is 19.1 Å². The number of hydrogen-bond donors (Lipinski definition) is 2. The first-order chi connectivity index (χ1) is 8.41. The molecule has 1 rings (SSSR count). The topological polar surface area (TPSA) is 77.8 Å². The van der Waals surface area contributed by atoms with Gasteiger partial charge in [0.05, 0.1) is 13.1 Å². The van der Waals surface area contributed by atoms with Gasteiger partial charge in [-0.2, -0.15) is 0 Å². The molecule has 0 saturated heterocycles. The second kappa shape index (κ2) is 6.51. The molecule has 0 heterocycles. The number of carboxylic acid groups (broad SMARTS) is 2. The average molecular weight is 316 g/mol. The van der Waals surface area contributed by atoms with Gasteiger partial charge in [0.25, 0.3) is 0 Å². The van der Waals surface area contributed by atoms with Crippen molar-refractivity contribution in [2.45, 2.75) is 13.0 Å². The van der Waals surface area contributed by atoms with Crippen LogP contribution in [0.5, 0.6) is 0 Å². The van der Waals surface area contributed by atoms with Crippen molar-refractivity contribution in [3.8, 4) is 0 Å². The van der Waals surface area contributed by atoms with Gasteiger partial charge in [-0.15, -0.1) is 0 Å². The van der Waals surface area contributed by atoms with E-state index in [0.717, 1.165) is 10.0 Å². The van der Waals surface area contributed by atoms with E-state index >= 15 is 0 Å². The first kappa shape index (κ1) is 14.7. The lowest BCUT2D eigenvalue weighted by Gasteiger charge is -2.26. The third kappa shape index (κ3) is 4.12. The summed E-state index contributed by atoms with van der Waals surface area (Å²) >= 11 is 3.38. The molecule has 0 amide bonds. The third-order valence-electron chi connectivity index (χ3n) is 2.58. The molecular formula is C12H14BrNO4. The van der Waals surface area contributed by atoms with Crippen molar-refractivity contribution in [2.24, 2.45) is 0 Å². The maximum Gasteiger partial charge on any atom is 0.317 e. The van der Waals surface area contributed by atoms with Crippen LogP contribution in [0.15, 0.2) is 28.7 Å². The lowest BCUT2D eigenvalue weighted by atomic mass is 10.1. The molecule has 6 heteroatoms. The summed E-state index contributed by atoms with van der Waals surface area (Å²) in [5.74, 6) is -2.09. The smallest absolute Gasteiger partial charge is 0.317 e. The number of carbonyl (C=O) groups is 2. The molecule has 98 valence electrons. The molecule has 18 heavy (non-hydrogen) atoms. The minimum Gasteiger partial charge on any atom is -0.480 e. The molecule has 0 saturated carbocycles. The van der Waals surface area contributed by atoms with Gasteiger partial charge in [0.1, 0.15) is 0 Å². The van der Waals surface area contributed by atoms with Gasteiger partial charge in [0.15, 0.2) is 0 Å². The zero-order chi connectivity index (χ0) is 13.7. The molecule has 5 nitrogen and oxygen atoms in total. The predicted octanol–water partition coefficient (Wildman–Crippen LogP) is 1.98. The van der Waals surface area contributed by atoms with Crippen LogP contribution in [0.3, 0.4) is 0 Å². The molecule has 0 bridgehead atoms. The van der Waals surface area contributed by atoms with E-state index in [1.54, 1.807) is 6.92 Å². The number of benzene rings is 1. The number of aliphatic carboxylic acids is 2. The van der Waals surface area contributed by atoms with E-state index in [1.807, 2.05) is 24.3 Å². The average Bonchev–Trinajstić information content (AvgIpc) is 2.26. The highest BCUT2D eigenvalue weighted by Crippen LogP contribution is 2.27. The van der Waals surface area contributed by atoms with Crippen molar-refractivity contribution in [3.05, 3.63) is 34.3 Å². The van der Waals surface area contributed by atoms with E-state index in [4.69, 9.17) is 10.2 Å². The first-order valence-corrected chi connectivity index (χ1v) is 6.13. The van der Waals surface area contributed by atoms with Crippen LogP contribution in [-0.4, -0.2) is 40.1 Å². The molecule has 0 fully saturated rings. The van der Waals surface area contributed by atoms with Crippen LogP contribution in [0.25, 0.3) is 0 Å². The molecule has 2 N–H and O–H groups in total. The van der Waals surface area contributed by atoms with Crippen molar-refractivity contribution in [1.82, 2.24) is 4.90 Å². The normalized spacial score (nSPS) is 12.4. The predicted molar refractivity (Wildman–Crippen MR) is 69.4 cm³/mol. The fraction of sp³-hybridized carbons (Fsp3) is 0.333. The van der Waals surface area contributed by atoms with Gasteiger partial charge in [-0.25, -0.2) is 0 Å². The SMILES string of the molecule is CC(c1ccccc1Br)N(CC(=O)O)CC(=O)O. The van der Waals surface area contributed by atoms with Gasteiger partial charge in [0, 0.05) is 10.5 Å². The number of halogens is 1. The zero-order valence-electron chi connectivity index (χ0n) is 9.84. The van der Waals surface area contributed by atoms with Crippen LogP contribution in [-0.2, 0) is 9.59 Å². The Morgan fingerprint density at radius 1 is 1.22 bits per heavy atom.